The summed E-state index contributed by atoms with van der Waals surface area (Å²) in [6.45, 7) is 1.58. The summed E-state index contributed by atoms with van der Waals surface area (Å²) in [4.78, 5) is 5.38. The lowest BCUT2D eigenvalue weighted by Gasteiger charge is -2.15. The van der Waals surface area contributed by atoms with Gasteiger partial charge < -0.3 is 26.6 Å². The van der Waals surface area contributed by atoms with Crippen LogP contribution in [0.15, 0.2) is 23.2 Å². The van der Waals surface area contributed by atoms with Crippen LogP contribution in [0, 0.1) is 5.41 Å². The van der Waals surface area contributed by atoms with Gasteiger partial charge in [-0.15, -0.1) is 0 Å². The van der Waals surface area contributed by atoms with Gasteiger partial charge in [0.15, 0.2) is 11.5 Å². The summed E-state index contributed by atoms with van der Waals surface area (Å²) in [5.74, 6) is -0.0840. The van der Waals surface area contributed by atoms with Gasteiger partial charge in [-0.1, -0.05) is 0 Å². The molecule has 0 fully saturated rings. The topological polar surface area (TPSA) is 132 Å². The van der Waals surface area contributed by atoms with Crippen molar-refractivity contribution < 1.29 is 10.2 Å². The van der Waals surface area contributed by atoms with Crippen molar-refractivity contribution in [2.75, 3.05) is 14.1 Å². The standard InChI is InChI=1S/C10H14N4O2.CH5N/c1-6(11)14(2)10(12)13-7-3-4-8(15)9(16)5-7;1-2/h3-5,11,15-16H,1-2H3,(H2,12,13);2H2,1H3. The molecule has 0 aliphatic heterocycles. The summed E-state index contributed by atoms with van der Waals surface area (Å²) in [5.41, 5.74) is 10.5. The van der Waals surface area contributed by atoms with Gasteiger partial charge in [0.1, 0.15) is 0 Å². The van der Waals surface area contributed by atoms with E-state index in [1.807, 2.05) is 0 Å². The molecule has 18 heavy (non-hydrogen) atoms. The first-order valence-electron chi connectivity index (χ1n) is 5.14. The molecular formula is C11H19N5O2. The number of guanidine groups is 1. The normalized spacial score (nSPS) is 10.3. The molecule has 0 atom stereocenters. The second-order valence-electron chi connectivity index (χ2n) is 3.29. The molecule has 0 unspecified atom stereocenters. The lowest BCUT2D eigenvalue weighted by Crippen LogP contribution is -2.36. The number of aromatic hydroxyl groups is 2. The van der Waals surface area contributed by atoms with Crippen LogP contribution in [-0.2, 0) is 0 Å². The van der Waals surface area contributed by atoms with Crippen molar-refractivity contribution in [3.63, 3.8) is 0 Å². The van der Waals surface area contributed by atoms with Crippen LogP contribution in [-0.4, -0.2) is 41.0 Å². The van der Waals surface area contributed by atoms with Crippen LogP contribution < -0.4 is 11.5 Å². The van der Waals surface area contributed by atoms with E-state index in [0.717, 1.165) is 0 Å². The van der Waals surface area contributed by atoms with Gasteiger partial charge in [-0.05, 0) is 26.1 Å². The summed E-state index contributed by atoms with van der Waals surface area (Å²) in [7, 11) is 3.11. The zero-order valence-corrected chi connectivity index (χ0v) is 10.7. The average Bonchev–Trinajstić information content (AvgIpc) is 2.35. The third-order valence-corrected chi connectivity index (χ3v) is 2.05. The summed E-state index contributed by atoms with van der Waals surface area (Å²) in [5, 5.41) is 25.7. The zero-order valence-electron chi connectivity index (χ0n) is 10.7. The minimum Gasteiger partial charge on any atom is -0.504 e. The molecule has 0 aliphatic rings. The van der Waals surface area contributed by atoms with Gasteiger partial charge in [0.05, 0.1) is 11.5 Å². The highest BCUT2D eigenvalue weighted by Gasteiger charge is 2.05. The fourth-order valence-corrected chi connectivity index (χ4v) is 0.960. The van der Waals surface area contributed by atoms with Crippen molar-refractivity contribution in [3.8, 4) is 11.5 Å². The van der Waals surface area contributed by atoms with E-state index in [2.05, 4.69) is 10.7 Å². The highest BCUT2D eigenvalue weighted by molar-refractivity contribution is 5.97. The number of hydrogen-bond acceptors (Lipinski definition) is 5. The largest absolute Gasteiger partial charge is 0.504 e. The maximum Gasteiger partial charge on any atom is 0.201 e. The van der Waals surface area contributed by atoms with Gasteiger partial charge in [0, 0.05) is 13.1 Å². The number of phenolic OH excluding ortho intramolecular Hbond substituents is 2. The number of hydrogen-bond donors (Lipinski definition) is 5. The molecule has 1 aromatic rings. The predicted octanol–water partition coefficient (Wildman–Crippen LogP) is 0.548. The van der Waals surface area contributed by atoms with Crippen LogP contribution in [0.25, 0.3) is 0 Å². The second kappa shape index (κ2) is 7.13. The maximum atomic E-state index is 9.24. The smallest absolute Gasteiger partial charge is 0.201 e. The number of rotatable bonds is 1. The van der Waals surface area contributed by atoms with E-state index in [4.69, 9.17) is 16.2 Å². The van der Waals surface area contributed by atoms with E-state index < -0.39 is 0 Å². The van der Waals surface area contributed by atoms with Crippen molar-refractivity contribution in [2.24, 2.45) is 16.5 Å². The third kappa shape index (κ3) is 4.30. The minimum absolute atomic E-state index is 0.137. The fourth-order valence-electron chi connectivity index (χ4n) is 0.960. The number of aliphatic imine (C=N–C) groups is 1. The molecule has 0 bridgehead atoms. The first-order valence-corrected chi connectivity index (χ1v) is 5.14. The van der Waals surface area contributed by atoms with Crippen molar-refractivity contribution in [1.29, 1.82) is 5.41 Å². The van der Waals surface area contributed by atoms with Crippen molar-refractivity contribution >= 4 is 17.5 Å². The van der Waals surface area contributed by atoms with Gasteiger partial charge in [-0.2, -0.15) is 0 Å². The summed E-state index contributed by atoms with van der Waals surface area (Å²) < 4.78 is 0. The molecule has 7 heteroatoms. The Hall–Kier alpha value is -2.28. The van der Waals surface area contributed by atoms with E-state index in [0.29, 0.717) is 5.69 Å². The number of nitrogens with one attached hydrogen (secondary N) is 1. The molecule has 1 aromatic carbocycles. The van der Waals surface area contributed by atoms with Crippen LogP contribution in [0.3, 0.4) is 0 Å². The Kier molecular flexibility index (Phi) is 6.22. The van der Waals surface area contributed by atoms with E-state index in [1.54, 1.807) is 14.0 Å². The van der Waals surface area contributed by atoms with E-state index in [9.17, 15) is 5.11 Å². The molecule has 0 aliphatic carbocycles. The molecule has 0 heterocycles. The van der Waals surface area contributed by atoms with Crippen LogP contribution in [0.1, 0.15) is 6.92 Å². The average molecular weight is 253 g/mol. The number of benzene rings is 1. The third-order valence-electron chi connectivity index (χ3n) is 2.05. The summed E-state index contributed by atoms with van der Waals surface area (Å²) in [6.07, 6.45) is 0. The molecule has 7 nitrogen and oxygen atoms in total. The molecule has 7 N–H and O–H groups in total. The Morgan fingerprint density at radius 2 is 1.83 bits per heavy atom. The Labute approximate surface area is 106 Å². The number of phenols is 2. The quantitative estimate of drug-likeness (QED) is 0.283. The maximum absolute atomic E-state index is 9.24. The lowest BCUT2D eigenvalue weighted by atomic mass is 10.3. The Morgan fingerprint density at radius 3 is 2.28 bits per heavy atom. The van der Waals surface area contributed by atoms with Gasteiger partial charge in [0.25, 0.3) is 0 Å². The highest BCUT2D eigenvalue weighted by Crippen LogP contribution is 2.28. The molecule has 0 aromatic heterocycles. The van der Waals surface area contributed by atoms with Gasteiger partial charge in [0.2, 0.25) is 5.96 Å². The van der Waals surface area contributed by atoms with Gasteiger partial charge >= 0.3 is 0 Å². The minimum atomic E-state index is -0.261. The molecule has 0 amide bonds. The number of nitrogens with zero attached hydrogens (tertiary/aromatic N) is 2. The molecule has 0 radical (unpaired) electrons. The van der Waals surface area contributed by atoms with Crippen LogP contribution in [0.2, 0.25) is 0 Å². The van der Waals surface area contributed by atoms with Crippen molar-refractivity contribution in [1.82, 2.24) is 4.90 Å². The number of amidine groups is 1. The number of nitrogens with two attached hydrogens (primary N) is 2. The SMILES string of the molecule is CC(=N)N(C)C(N)=Nc1ccc(O)c(O)c1.CN. The molecular weight excluding hydrogens is 234 g/mol. The van der Waals surface area contributed by atoms with Crippen LogP contribution >= 0.6 is 0 Å². The summed E-state index contributed by atoms with van der Waals surface area (Å²) in [6, 6.07) is 4.11. The molecule has 0 saturated heterocycles. The monoisotopic (exact) mass is 253 g/mol. The Bertz CT molecular complexity index is 445. The van der Waals surface area contributed by atoms with Crippen LogP contribution in [0.4, 0.5) is 5.69 Å². The Morgan fingerprint density at radius 1 is 1.28 bits per heavy atom. The predicted molar refractivity (Wildman–Crippen MR) is 72.3 cm³/mol. The van der Waals surface area contributed by atoms with Crippen LogP contribution in [0.5, 0.6) is 11.5 Å². The van der Waals surface area contributed by atoms with Gasteiger partial charge in [-0.25, -0.2) is 4.99 Å². The molecule has 100 valence electrons. The van der Waals surface area contributed by atoms with E-state index >= 15 is 0 Å². The summed E-state index contributed by atoms with van der Waals surface area (Å²) >= 11 is 0. The first-order chi connectivity index (χ1) is 8.41. The lowest BCUT2D eigenvalue weighted by molar-refractivity contribution is 0.404. The first kappa shape index (κ1) is 15.7. The Balaban J connectivity index is 0.00000137. The van der Waals surface area contributed by atoms with Crippen molar-refractivity contribution in [3.05, 3.63) is 18.2 Å². The second-order valence-corrected chi connectivity index (χ2v) is 3.29. The molecule has 0 saturated carbocycles. The van der Waals surface area contributed by atoms with Gasteiger partial charge in [-0.3, -0.25) is 5.41 Å². The van der Waals surface area contributed by atoms with E-state index in [-0.39, 0.29) is 23.3 Å². The highest BCUT2D eigenvalue weighted by atomic mass is 16.3. The van der Waals surface area contributed by atoms with E-state index in [1.165, 1.54) is 30.1 Å². The van der Waals surface area contributed by atoms with Crippen molar-refractivity contribution in [2.45, 2.75) is 6.92 Å². The zero-order chi connectivity index (χ0) is 14.3. The molecule has 0 spiro atoms. The molecule has 1 rings (SSSR count). The fraction of sp³-hybridized carbons (Fsp3) is 0.273.